The third kappa shape index (κ3) is 3.37. The van der Waals surface area contributed by atoms with Crippen LogP contribution in [0.15, 0.2) is 41.1 Å². The number of nitrogens with zero attached hydrogens (tertiary/aromatic N) is 1. The number of nitrogens with one attached hydrogen (secondary N) is 1. The standard InChI is InChI=1S/C13H12BrFN2OP/c1-2-19(18)13-5-6-16-8-12(13)17-11-4-3-9(14)7-10(11)15/h3-8,17H,2H2,1H3/q+1. The van der Waals surface area contributed by atoms with E-state index in [0.29, 0.717) is 27.3 Å². The molecule has 0 fully saturated rings. The highest BCUT2D eigenvalue weighted by molar-refractivity contribution is 9.10. The quantitative estimate of drug-likeness (QED) is 0.847. The molecule has 2 aromatic rings. The van der Waals surface area contributed by atoms with Crippen LogP contribution in [0.2, 0.25) is 0 Å². The van der Waals surface area contributed by atoms with Crippen LogP contribution in [0.4, 0.5) is 15.8 Å². The summed E-state index contributed by atoms with van der Waals surface area (Å²) in [7, 11) is -1.49. The average molecular weight is 342 g/mol. The molecule has 19 heavy (non-hydrogen) atoms. The van der Waals surface area contributed by atoms with E-state index < -0.39 is 7.80 Å². The highest BCUT2D eigenvalue weighted by Gasteiger charge is 2.21. The van der Waals surface area contributed by atoms with Crippen molar-refractivity contribution in [1.82, 2.24) is 4.98 Å². The molecule has 0 saturated heterocycles. The van der Waals surface area contributed by atoms with Crippen LogP contribution in [0.25, 0.3) is 0 Å². The number of hydrogen-bond donors (Lipinski definition) is 1. The Morgan fingerprint density at radius 2 is 2.16 bits per heavy atom. The van der Waals surface area contributed by atoms with Crippen LogP contribution < -0.4 is 10.6 Å². The summed E-state index contributed by atoms with van der Waals surface area (Å²) < 4.78 is 26.4. The molecule has 1 aromatic carbocycles. The van der Waals surface area contributed by atoms with Crippen molar-refractivity contribution in [3.05, 3.63) is 46.9 Å². The van der Waals surface area contributed by atoms with E-state index in [1.807, 2.05) is 6.92 Å². The molecule has 1 unspecified atom stereocenters. The lowest BCUT2D eigenvalue weighted by molar-refractivity contribution is 0.594. The van der Waals surface area contributed by atoms with Crippen LogP contribution in [0, 0.1) is 5.82 Å². The predicted octanol–water partition coefficient (Wildman–Crippen LogP) is 4.20. The molecule has 0 aliphatic rings. The van der Waals surface area contributed by atoms with Crippen LogP contribution in [-0.2, 0) is 4.57 Å². The van der Waals surface area contributed by atoms with Gasteiger partial charge in [-0.2, -0.15) is 0 Å². The van der Waals surface area contributed by atoms with Gasteiger partial charge in [0.2, 0.25) is 5.30 Å². The first-order valence-electron chi connectivity index (χ1n) is 5.72. The molecule has 1 aromatic heterocycles. The van der Waals surface area contributed by atoms with Gasteiger partial charge in [0.15, 0.2) is 0 Å². The summed E-state index contributed by atoms with van der Waals surface area (Å²) >= 11 is 3.20. The molecule has 98 valence electrons. The SMILES string of the molecule is CC[P+](=O)c1ccncc1Nc1ccc(Br)cc1F. The summed E-state index contributed by atoms with van der Waals surface area (Å²) in [5, 5.41) is 3.60. The Morgan fingerprint density at radius 1 is 1.37 bits per heavy atom. The summed E-state index contributed by atoms with van der Waals surface area (Å²) in [4.78, 5) is 3.98. The average Bonchev–Trinajstić information content (AvgIpc) is 2.41. The molecule has 1 heterocycles. The molecule has 1 atom stereocenters. The van der Waals surface area contributed by atoms with Crippen LogP contribution in [0.5, 0.6) is 0 Å². The number of pyridine rings is 1. The molecule has 2 rings (SSSR count). The lowest BCUT2D eigenvalue weighted by Crippen LogP contribution is -2.07. The van der Waals surface area contributed by atoms with Crippen LogP contribution in [-0.4, -0.2) is 11.1 Å². The number of aromatic nitrogens is 1. The fourth-order valence-corrected chi connectivity index (χ4v) is 2.90. The van der Waals surface area contributed by atoms with Gasteiger partial charge < -0.3 is 5.32 Å². The van der Waals surface area contributed by atoms with Crippen molar-refractivity contribution in [3.8, 4) is 0 Å². The summed E-state index contributed by atoms with van der Waals surface area (Å²) in [6.45, 7) is 1.85. The van der Waals surface area contributed by atoms with Crippen molar-refractivity contribution in [2.24, 2.45) is 0 Å². The first kappa shape index (κ1) is 14.1. The second kappa shape index (κ2) is 6.22. The topological polar surface area (TPSA) is 42.0 Å². The van der Waals surface area contributed by atoms with Gasteiger partial charge in [-0.3, -0.25) is 4.98 Å². The van der Waals surface area contributed by atoms with E-state index in [9.17, 15) is 8.96 Å². The summed E-state index contributed by atoms with van der Waals surface area (Å²) in [6, 6.07) is 6.43. The molecule has 3 nitrogen and oxygen atoms in total. The van der Waals surface area contributed by atoms with E-state index in [2.05, 4.69) is 26.2 Å². The minimum absolute atomic E-state index is 0.331. The fraction of sp³-hybridized carbons (Fsp3) is 0.154. The molecule has 0 spiro atoms. The number of halogens is 2. The monoisotopic (exact) mass is 341 g/mol. The zero-order chi connectivity index (χ0) is 13.8. The van der Waals surface area contributed by atoms with Gasteiger partial charge in [-0.05, 0) is 25.1 Å². The Kier molecular flexibility index (Phi) is 4.61. The van der Waals surface area contributed by atoms with E-state index in [1.165, 1.54) is 6.07 Å². The number of hydrogen-bond acceptors (Lipinski definition) is 3. The molecule has 0 saturated carbocycles. The van der Waals surface area contributed by atoms with Crippen LogP contribution >= 0.6 is 23.7 Å². The van der Waals surface area contributed by atoms with Gasteiger partial charge in [0.05, 0.1) is 11.9 Å². The first-order valence-corrected chi connectivity index (χ1v) is 7.96. The lowest BCUT2D eigenvalue weighted by atomic mass is 10.3. The van der Waals surface area contributed by atoms with E-state index in [-0.39, 0.29) is 5.82 Å². The fourth-order valence-electron chi connectivity index (χ4n) is 1.61. The smallest absolute Gasteiger partial charge is 0.348 e. The van der Waals surface area contributed by atoms with Gasteiger partial charge >= 0.3 is 7.80 Å². The summed E-state index contributed by atoms with van der Waals surface area (Å²) in [5.41, 5.74) is 0.906. The number of benzene rings is 1. The van der Waals surface area contributed by atoms with Gasteiger partial charge in [0.1, 0.15) is 17.7 Å². The normalized spacial score (nSPS) is 11.2. The second-order valence-electron chi connectivity index (χ2n) is 3.84. The maximum atomic E-state index is 13.8. The van der Waals surface area contributed by atoms with Gasteiger partial charge in [-0.1, -0.05) is 20.5 Å². The third-order valence-corrected chi connectivity index (χ3v) is 4.55. The van der Waals surface area contributed by atoms with E-state index >= 15 is 0 Å². The Hall–Kier alpha value is -1.32. The molecular weight excluding hydrogens is 330 g/mol. The Bertz CT molecular complexity index is 621. The zero-order valence-electron chi connectivity index (χ0n) is 10.2. The van der Waals surface area contributed by atoms with Crippen molar-refractivity contribution in [2.75, 3.05) is 11.5 Å². The van der Waals surface area contributed by atoms with E-state index in [0.717, 1.165) is 0 Å². The number of anilines is 2. The predicted molar refractivity (Wildman–Crippen MR) is 79.4 cm³/mol. The van der Waals surface area contributed by atoms with Crippen LogP contribution in [0.1, 0.15) is 6.92 Å². The second-order valence-corrected chi connectivity index (χ2v) is 6.62. The first-order chi connectivity index (χ1) is 9.11. The molecule has 1 N–H and O–H groups in total. The molecule has 6 heteroatoms. The lowest BCUT2D eigenvalue weighted by Gasteiger charge is -2.07. The Labute approximate surface area is 120 Å². The van der Waals surface area contributed by atoms with Crippen molar-refractivity contribution < 1.29 is 8.96 Å². The Balaban J connectivity index is 2.35. The molecule has 0 amide bonds. The zero-order valence-corrected chi connectivity index (χ0v) is 12.7. The largest absolute Gasteiger partial charge is 0.378 e. The third-order valence-electron chi connectivity index (χ3n) is 2.55. The highest BCUT2D eigenvalue weighted by atomic mass is 79.9. The van der Waals surface area contributed by atoms with E-state index in [4.69, 9.17) is 0 Å². The van der Waals surface area contributed by atoms with Crippen molar-refractivity contribution in [2.45, 2.75) is 6.92 Å². The van der Waals surface area contributed by atoms with Crippen LogP contribution in [0.3, 0.4) is 0 Å². The maximum Gasteiger partial charge on any atom is 0.378 e. The minimum Gasteiger partial charge on any atom is -0.348 e. The highest BCUT2D eigenvalue weighted by Crippen LogP contribution is 2.27. The summed E-state index contributed by atoms with van der Waals surface area (Å²) in [6.07, 6.45) is 3.68. The minimum atomic E-state index is -1.49. The van der Waals surface area contributed by atoms with Gasteiger partial charge in [0.25, 0.3) is 0 Å². The maximum absolute atomic E-state index is 13.8. The van der Waals surface area contributed by atoms with Gasteiger partial charge in [0, 0.05) is 16.7 Å². The Morgan fingerprint density at radius 3 is 2.84 bits per heavy atom. The molecule has 0 bridgehead atoms. The van der Waals surface area contributed by atoms with Gasteiger partial charge in [-0.15, -0.1) is 0 Å². The molecule has 0 aliphatic heterocycles. The van der Waals surface area contributed by atoms with Crippen molar-refractivity contribution in [1.29, 1.82) is 0 Å². The van der Waals surface area contributed by atoms with Crippen molar-refractivity contribution >= 4 is 40.4 Å². The molecule has 0 radical (unpaired) electrons. The molecular formula is C13H12BrFN2OP+. The van der Waals surface area contributed by atoms with Crippen molar-refractivity contribution in [3.63, 3.8) is 0 Å². The summed E-state index contributed by atoms with van der Waals surface area (Å²) in [5.74, 6) is -0.379. The molecule has 0 aliphatic carbocycles. The van der Waals surface area contributed by atoms with E-state index in [1.54, 1.807) is 30.6 Å². The number of rotatable bonds is 4. The van der Waals surface area contributed by atoms with Gasteiger partial charge in [-0.25, -0.2) is 4.39 Å².